The molecule has 0 radical (unpaired) electrons. The first-order valence-electron chi connectivity index (χ1n) is 12.6. The Morgan fingerprint density at radius 2 is 1.89 bits per heavy atom. The van der Waals surface area contributed by atoms with Gasteiger partial charge >= 0.3 is 0 Å². The Kier molecular flexibility index (Phi) is 7.53. The highest BCUT2D eigenvalue weighted by molar-refractivity contribution is 8.00. The first-order chi connectivity index (χ1) is 18.1. The molecule has 0 N–H and O–H groups in total. The first-order valence-corrected chi connectivity index (χ1v) is 14.0. The van der Waals surface area contributed by atoms with Gasteiger partial charge in [-0.05, 0) is 29.8 Å². The van der Waals surface area contributed by atoms with E-state index in [0.717, 1.165) is 16.8 Å². The van der Waals surface area contributed by atoms with Crippen LogP contribution in [0.2, 0.25) is 5.02 Å². The molecule has 3 heterocycles. The summed E-state index contributed by atoms with van der Waals surface area (Å²) < 4.78 is 21.5. The summed E-state index contributed by atoms with van der Waals surface area (Å²) in [5.41, 5.74) is 2.45. The van der Waals surface area contributed by atoms with Crippen LogP contribution in [0.5, 0.6) is 0 Å². The number of aromatic nitrogens is 2. The topological polar surface area (TPSA) is 67.7 Å². The Morgan fingerprint density at radius 3 is 2.58 bits per heavy atom. The number of nitrogens with zero attached hydrogens (tertiary/aromatic N) is 4. The number of para-hydroxylation sites is 1. The Bertz CT molecular complexity index is 1370. The highest BCUT2D eigenvalue weighted by atomic mass is 35.5. The SMILES string of the molecule is CC(C)(C)c1nn(-c2ccccc2Cl)c2c1C(c1cccc(F)c1)SCC(=O)N2CC(=O)N1CCOCC1. The fourth-order valence-electron chi connectivity index (χ4n) is 4.85. The van der Waals surface area contributed by atoms with Gasteiger partial charge in [0, 0.05) is 24.1 Å². The van der Waals surface area contributed by atoms with Crippen molar-refractivity contribution >= 4 is 41.0 Å². The molecule has 1 aromatic heterocycles. The smallest absolute Gasteiger partial charge is 0.242 e. The molecule has 10 heteroatoms. The van der Waals surface area contributed by atoms with E-state index >= 15 is 0 Å². The van der Waals surface area contributed by atoms with Gasteiger partial charge in [0.2, 0.25) is 11.8 Å². The maximum atomic E-state index is 14.4. The van der Waals surface area contributed by atoms with Gasteiger partial charge in [0.05, 0.1) is 40.6 Å². The van der Waals surface area contributed by atoms with E-state index in [1.807, 2.05) is 24.3 Å². The maximum Gasteiger partial charge on any atom is 0.242 e. The molecule has 0 bridgehead atoms. The number of rotatable bonds is 4. The summed E-state index contributed by atoms with van der Waals surface area (Å²) in [6, 6.07) is 13.7. The molecule has 7 nitrogen and oxygen atoms in total. The fraction of sp³-hybridized carbons (Fsp3) is 0.393. The minimum atomic E-state index is -0.421. The Morgan fingerprint density at radius 1 is 1.16 bits per heavy atom. The van der Waals surface area contributed by atoms with Crippen LogP contribution in [0.4, 0.5) is 10.2 Å². The van der Waals surface area contributed by atoms with E-state index in [4.69, 9.17) is 21.4 Å². The summed E-state index contributed by atoms with van der Waals surface area (Å²) in [5.74, 6) is -0.112. The number of thioether (sulfide) groups is 1. The van der Waals surface area contributed by atoms with Crippen molar-refractivity contribution in [3.63, 3.8) is 0 Å². The largest absolute Gasteiger partial charge is 0.378 e. The van der Waals surface area contributed by atoms with Crippen LogP contribution in [0.15, 0.2) is 48.5 Å². The number of hydrogen-bond acceptors (Lipinski definition) is 5. The van der Waals surface area contributed by atoms with Crippen LogP contribution in [0.3, 0.4) is 0 Å². The van der Waals surface area contributed by atoms with Crippen molar-refractivity contribution in [3.8, 4) is 5.69 Å². The van der Waals surface area contributed by atoms with E-state index in [1.54, 1.807) is 21.7 Å². The van der Waals surface area contributed by atoms with E-state index in [1.165, 1.54) is 28.8 Å². The molecule has 2 amide bonds. The van der Waals surface area contributed by atoms with Gasteiger partial charge in [-0.25, -0.2) is 9.07 Å². The highest BCUT2D eigenvalue weighted by Crippen LogP contribution is 2.48. The lowest BCUT2D eigenvalue weighted by atomic mass is 9.87. The number of morpholine rings is 1. The number of carbonyl (C=O) groups excluding carboxylic acids is 2. The second kappa shape index (κ2) is 10.7. The van der Waals surface area contributed by atoms with Crippen molar-refractivity contribution < 1.29 is 18.7 Å². The average Bonchev–Trinajstić information content (AvgIpc) is 3.22. The van der Waals surface area contributed by atoms with Gasteiger partial charge in [0.15, 0.2) is 0 Å². The van der Waals surface area contributed by atoms with Crippen molar-refractivity contribution in [3.05, 3.63) is 76.2 Å². The normalized spacial score (nSPS) is 18.3. The quantitative estimate of drug-likeness (QED) is 0.453. The van der Waals surface area contributed by atoms with Gasteiger partial charge < -0.3 is 9.64 Å². The molecule has 0 aliphatic carbocycles. The third-order valence-corrected chi connectivity index (χ3v) is 8.26. The number of carbonyl (C=O) groups is 2. The number of fused-ring (bicyclic) bond motifs is 1. The minimum Gasteiger partial charge on any atom is -0.378 e. The minimum absolute atomic E-state index is 0.123. The van der Waals surface area contributed by atoms with Crippen LogP contribution >= 0.6 is 23.4 Å². The average molecular weight is 557 g/mol. The van der Waals surface area contributed by atoms with Gasteiger partial charge in [-0.1, -0.05) is 56.6 Å². The summed E-state index contributed by atoms with van der Waals surface area (Å²) >= 11 is 8.06. The molecule has 1 saturated heterocycles. The van der Waals surface area contributed by atoms with Crippen molar-refractivity contribution in [1.82, 2.24) is 14.7 Å². The molecular formula is C28H30ClFN4O3S. The summed E-state index contributed by atoms with van der Waals surface area (Å²) in [6.07, 6.45) is 0. The first kappa shape index (κ1) is 26.7. The van der Waals surface area contributed by atoms with E-state index in [0.29, 0.717) is 42.8 Å². The Balaban J connectivity index is 1.74. The maximum absolute atomic E-state index is 14.4. The zero-order valence-corrected chi connectivity index (χ0v) is 23.2. The van der Waals surface area contributed by atoms with Crippen LogP contribution in [0.1, 0.15) is 42.8 Å². The number of halogens is 2. The fourth-order valence-corrected chi connectivity index (χ4v) is 6.25. The second-order valence-corrected chi connectivity index (χ2v) is 11.9. The molecule has 0 saturated carbocycles. The molecule has 2 aromatic carbocycles. The summed E-state index contributed by atoms with van der Waals surface area (Å²) in [4.78, 5) is 30.4. The van der Waals surface area contributed by atoms with E-state index in [2.05, 4.69) is 20.8 Å². The zero-order chi connectivity index (χ0) is 27.0. The third-order valence-electron chi connectivity index (χ3n) is 6.69. The van der Waals surface area contributed by atoms with Gasteiger partial charge in [-0.2, -0.15) is 5.10 Å². The van der Waals surface area contributed by atoms with Gasteiger partial charge in [-0.15, -0.1) is 11.8 Å². The Hall–Kier alpha value is -2.88. The molecular weight excluding hydrogens is 527 g/mol. The molecule has 200 valence electrons. The second-order valence-electron chi connectivity index (χ2n) is 10.4. The number of hydrogen-bond donors (Lipinski definition) is 0. The lowest BCUT2D eigenvalue weighted by molar-refractivity contribution is -0.134. The van der Waals surface area contributed by atoms with Crippen LogP contribution in [-0.4, -0.2) is 65.1 Å². The zero-order valence-electron chi connectivity index (χ0n) is 21.6. The molecule has 2 aliphatic rings. The van der Waals surface area contributed by atoms with Crippen LogP contribution < -0.4 is 4.90 Å². The summed E-state index contributed by atoms with van der Waals surface area (Å²) in [6.45, 7) is 7.91. The van der Waals surface area contributed by atoms with Gasteiger partial charge in [-0.3, -0.25) is 14.5 Å². The molecule has 1 atom stereocenters. The summed E-state index contributed by atoms with van der Waals surface area (Å²) in [5, 5.41) is 5.11. The van der Waals surface area contributed by atoms with Crippen molar-refractivity contribution in [1.29, 1.82) is 0 Å². The van der Waals surface area contributed by atoms with E-state index in [9.17, 15) is 14.0 Å². The molecule has 0 spiro atoms. The van der Waals surface area contributed by atoms with Gasteiger partial charge in [0.25, 0.3) is 0 Å². The monoisotopic (exact) mass is 556 g/mol. The standard InChI is InChI=1S/C28H30ClFN4O3S/c1-28(2,3)26-24-25(18-7-6-8-19(30)15-18)38-17-23(36)33(16-22(35)32-11-13-37-14-12-32)27(24)34(31-26)21-10-5-4-9-20(21)29/h4-10,15,25H,11-14,16-17H2,1-3H3. The van der Waals surface area contributed by atoms with Crippen molar-refractivity contribution in [2.24, 2.45) is 0 Å². The number of amides is 2. The number of ether oxygens (including phenoxy) is 1. The number of anilines is 1. The lowest BCUT2D eigenvalue weighted by Gasteiger charge is -2.30. The van der Waals surface area contributed by atoms with Crippen LogP contribution in [0, 0.1) is 5.82 Å². The predicted octanol–water partition coefficient (Wildman–Crippen LogP) is 4.99. The van der Waals surface area contributed by atoms with Crippen molar-refractivity contribution in [2.45, 2.75) is 31.4 Å². The molecule has 1 unspecified atom stereocenters. The molecule has 38 heavy (non-hydrogen) atoms. The summed E-state index contributed by atoms with van der Waals surface area (Å²) in [7, 11) is 0. The van der Waals surface area contributed by atoms with Crippen LogP contribution in [-0.2, 0) is 19.7 Å². The van der Waals surface area contributed by atoms with Gasteiger partial charge in [0.1, 0.15) is 18.2 Å². The molecule has 2 aliphatic heterocycles. The predicted molar refractivity (Wildman–Crippen MR) is 148 cm³/mol. The van der Waals surface area contributed by atoms with Crippen LogP contribution in [0.25, 0.3) is 5.69 Å². The van der Waals surface area contributed by atoms with E-state index in [-0.39, 0.29) is 35.2 Å². The highest BCUT2D eigenvalue weighted by Gasteiger charge is 2.40. The third kappa shape index (κ3) is 5.19. The van der Waals surface area contributed by atoms with Crippen molar-refractivity contribution in [2.75, 3.05) is 43.5 Å². The number of benzene rings is 2. The van der Waals surface area contributed by atoms with E-state index < -0.39 is 5.41 Å². The molecule has 3 aromatic rings. The molecule has 1 fully saturated rings. The molecule has 5 rings (SSSR count). The lowest BCUT2D eigenvalue weighted by Crippen LogP contribution is -2.48. The Labute approximate surface area is 230 Å².